The first kappa shape index (κ1) is 14.3. The third-order valence-corrected chi connectivity index (χ3v) is 3.04. The SMILES string of the molecule is COc1ccc(COc2cccc([C@H](C)N)c2)c(F)c1. The van der Waals surface area contributed by atoms with Gasteiger partial charge in [0.2, 0.25) is 0 Å². The smallest absolute Gasteiger partial charge is 0.133 e. The summed E-state index contributed by atoms with van der Waals surface area (Å²) in [6.07, 6.45) is 0. The Morgan fingerprint density at radius 3 is 2.60 bits per heavy atom. The van der Waals surface area contributed by atoms with Gasteiger partial charge in [-0.05, 0) is 36.8 Å². The molecule has 0 unspecified atom stereocenters. The molecule has 2 aromatic rings. The van der Waals surface area contributed by atoms with Crippen LogP contribution in [0.5, 0.6) is 11.5 Å². The van der Waals surface area contributed by atoms with Gasteiger partial charge in [0.25, 0.3) is 0 Å². The zero-order chi connectivity index (χ0) is 14.5. The van der Waals surface area contributed by atoms with Crippen LogP contribution in [0.3, 0.4) is 0 Å². The molecule has 3 nitrogen and oxygen atoms in total. The molecule has 0 aliphatic heterocycles. The minimum Gasteiger partial charge on any atom is -0.497 e. The highest BCUT2D eigenvalue weighted by molar-refractivity contribution is 5.32. The van der Waals surface area contributed by atoms with Crippen molar-refractivity contribution < 1.29 is 13.9 Å². The van der Waals surface area contributed by atoms with Crippen LogP contribution in [0.25, 0.3) is 0 Å². The predicted octanol–water partition coefficient (Wildman–Crippen LogP) is 3.43. The van der Waals surface area contributed by atoms with Crippen molar-refractivity contribution in [1.29, 1.82) is 0 Å². The number of hydrogen-bond acceptors (Lipinski definition) is 3. The van der Waals surface area contributed by atoms with Crippen molar-refractivity contribution in [2.75, 3.05) is 7.11 Å². The van der Waals surface area contributed by atoms with Gasteiger partial charge < -0.3 is 15.2 Å². The van der Waals surface area contributed by atoms with Crippen molar-refractivity contribution >= 4 is 0 Å². The molecule has 1 atom stereocenters. The predicted molar refractivity (Wildman–Crippen MR) is 76.3 cm³/mol. The number of hydrogen-bond donors (Lipinski definition) is 1. The van der Waals surface area contributed by atoms with Crippen LogP contribution < -0.4 is 15.2 Å². The number of rotatable bonds is 5. The van der Waals surface area contributed by atoms with E-state index < -0.39 is 0 Å². The lowest BCUT2D eigenvalue weighted by atomic mass is 10.1. The summed E-state index contributed by atoms with van der Waals surface area (Å²) < 4.78 is 24.3. The number of methoxy groups -OCH3 is 1. The molecule has 0 heterocycles. The van der Waals surface area contributed by atoms with E-state index in [4.69, 9.17) is 15.2 Å². The Morgan fingerprint density at radius 2 is 1.95 bits per heavy atom. The van der Waals surface area contributed by atoms with Crippen molar-refractivity contribution in [3.63, 3.8) is 0 Å². The second-order valence-electron chi connectivity index (χ2n) is 4.61. The van der Waals surface area contributed by atoms with E-state index >= 15 is 0 Å². The highest BCUT2D eigenvalue weighted by Crippen LogP contribution is 2.21. The molecule has 0 saturated carbocycles. The van der Waals surface area contributed by atoms with Crippen LogP contribution >= 0.6 is 0 Å². The van der Waals surface area contributed by atoms with Gasteiger partial charge in [0.05, 0.1) is 7.11 Å². The second-order valence-corrected chi connectivity index (χ2v) is 4.61. The molecular weight excluding hydrogens is 257 g/mol. The Hall–Kier alpha value is -2.07. The molecule has 0 bridgehead atoms. The van der Waals surface area contributed by atoms with Gasteiger partial charge in [-0.25, -0.2) is 4.39 Å². The molecule has 2 N–H and O–H groups in total. The van der Waals surface area contributed by atoms with Gasteiger partial charge in [-0.1, -0.05) is 12.1 Å². The quantitative estimate of drug-likeness (QED) is 0.909. The maximum atomic E-state index is 13.8. The number of halogens is 1. The largest absolute Gasteiger partial charge is 0.497 e. The molecule has 106 valence electrons. The Balaban J connectivity index is 2.07. The molecule has 0 fully saturated rings. The van der Waals surface area contributed by atoms with Gasteiger partial charge in [0.1, 0.15) is 23.9 Å². The average Bonchev–Trinajstić information content (AvgIpc) is 2.46. The van der Waals surface area contributed by atoms with E-state index in [1.165, 1.54) is 13.2 Å². The fourth-order valence-electron chi connectivity index (χ4n) is 1.82. The lowest BCUT2D eigenvalue weighted by molar-refractivity contribution is 0.299. The second kappa shape index (κ2) is 6.39. The van der Waals surface area contributed by atoms with E-state index in [1.54, 1.807) is 12.1 Å². The van der Waals surface area contributed by atoms with Gasteiger partial charge in [0, 0.05) is 17.7 Å². The Labute approximate surface area is 118 Å². The first-order valence-electron chi connectivity index (χ1n) is 6.41. The molecule has 0 saturated heterocycles. The van der Waals surface area contributed by atoms with Crippen LogP contribution in [-0.4, -0.2) is 7.11 Å². The Morgan fingerprint density at radius 1 is 1.15 bits per heavy atom. The Kier molecular flexibility index (Phi) is 4.58. The maximum absolute atomic E-state index is 13.8. The van der Waals surface area contributed by atoms with Crippen LogP contribution in [0.15, 0.2) is 42.5 Å². The van der Waals surface area contributed by atoms with Crippen molar-refractivity contribution in [1.82, 2.24) is 0 Å². The summed E-state index contributed by atoms with van der Waals surface area (Å²) in [5.41, 5.74) is 7.28. The normalized spacial score (nSPS) is 12.0. The van der Waals surface area contributed by atoms with Crippen molar-refractivity contribution in [3.05, 3.63) is 59.4 Å². The summed E-state index contributed by atoms with van der Waals surface area (Å²) in [5, 5.41) is 0. The van der Waals surface area contributed by atoms with Crippen LogP contribution in [0, 0.1) is 5.82 Å². The summed E-state index contributed by atoms with van der Waals surface area (Å²) in [5.74, 6) is 0.827. The summed E-state index contributed by atoms with van der Waals surface area (Å²) in [4.78, 5) is 0. The monoisotopic (exact) mass is 275 g/mol. The zero-order valence-electron chi connectivity index (χ0n) is 11.6. The number of nitrogens with two attached hydrogens (primary N) is 1. The van der Waals surface area contributed by atoms with Gasteiger partial charge in [-0.15, -0.1) is 0 Å². The summed E-state index contributed by atoms with van der Waals surface area (Å²) >= 11 is 0. The molecule has 4 heteroatoms. The topological polar surface area (TPSA) is 44.5 Å². The van der Waals surface area contributed by atoms with Crippen LogP contribution in [-0.2, 0) is 6.61 Å². The molecule has 20 heavy (non-hydrogen) atoms. The van der Waals surface area contributed by atoms with Crippen molar-refractivity contribution in [2.24, 2.45) is 5.73 Å². The zero-order valence-corrected chi connectivity index (χ0v) is 11.6. The fraction of sp³-hybridized carbons (Fsp3) is 0.250. The lowest BCUT2D eigenvalue weighted by Crippen LogP contribution is -2.05. The Bertz CT molecular complexity index is 584. The fourth-order valence-corrected chi connectivity index (χ4v) is 1.82. The molecule has 0 amide bonds. The van der Waals surface area contributed by atoms with E-state index in [9.17, 15) is 4.39 Å². The molecule has 0 spiro atoms. The highest BCUT2D eigenvalue weighted by Gasteiger charge is 2.06. The van der Waals surface area contributed by atoms with Crippen LogP contribution in [0.2, 0.25) is 0 Å². The van der Waals surface area contributed by atoms with E-state index in [1.807, 2.05) is 31.2 Å². The van der Waals surface area contributed by atoms with Gasteiger partial charge in [0.15, 0.2) is 0 Å². The van der Waals surface area contributed by atoms with Crippen LogP contribution in [0.1, 0.15) is 24.1 Å². The van der Waals surface area contributed by atoms with E-state index in [0.29, 0.717) is 17.1 Å². The minimum atomic E-state index is -0.340. The van der Waals surface area contributed by atoms with Gasteiger partial charge >= 0.3 is 0 Å². The lowest BCUT2D eigenvalue weighted by Gasteiger charge is -2.11. The number of ether oxygens (including phenoxy) is 2. The van der Waals surface area contributed by atoms with Crippen molar-refractivity contribution in [3.8, 4) is 11.5 Å². The first-order valence-corrected chi connectivity index (χ1v) is 6.41. The van der Waals surface area contributed by atoms with Crippen molar-refractivity contribution in [2.45, 2.75) is 19.6 Å². The molecule has 0 aliphatic rings. The van der Waals surface area contributed by atoms with E-state index in [-0.39, 0.29) is 18.5 Å². The number of benzene rings is 2. The molecule has 0 aliphatic carbocycles. The molecule has 0 aromatic heterocycles. The van der Waals surface area contributed by atoms with Gasteiger partial charge in [-0.2, -0.15) is 0 Å². The average molecular weight is 275 g/mol. The molecule has 2 aromatic carbocycles. The van der Waals surface area contributed by atoms with Gasteiger partial charge in [-0.3, -0.25) is 0 Å². The highest BCUT2D eigenvalue weighted by atomic mass is 19.1. The third-order valence-electron chi connectivity index (χ3n) is 3.04. The molecule has 0 radical (unpaired) electrons. The summed E-state index contributed by atoms with van der Waals surface area (Å²) in [6, 6.07) is 12.2. The molecular formula is C16H18FNO2. The first-order chi connectivity index (χ1) is 9.60. The standard InChI is InChI=1S/C16H18FNO2/c1-11(18)12-4-3-5-15(8-12)20-10-13-6-7-14(19-2)9-16(13)17/h3-9,11H,10,18H2,1-2H3/t11-/m0/s1. The van der Waals surface area contributed by atoms with E-state index in [0.717, 1.165) is 5.56 Å². The molecule has 2 rings (SSSR count). The summed E-state index contributed by atoms with van der Waals surface area (Å²) in [7, 11) is 1.50. The third kappa shape index (κ3) is 3.48. The van der Waals surface area contributed by atoms with Crippen LogP contribution in [0.4, 0.5) is 4.39 Å². The summed E-state index contributed by atoms with van der Waals surface area (Å²) in [6.45, 7) is 2.07. The minimum absolute atomic E-state index is 0.0590. The van der Waals surface area contributed by atoms with E-state index in [2.05, 4.69) is 0 Å². The maximum Gasteiger partial charge on any atom is 0.133 e.